The normalized spacial score (nSPS) is 15.0. The molecule has 0 spiro atoms. The van der Waals surface area contributed by atoms with E-state index in [1.54, 1.807) is 13.0 Å². The summed E-state index contributed by atoms with van der Waals surface area (Å²) in [4.78, 5) is 11.9. The molecule has 0 bridgehead atoms. The van der Waals surface area contributed by atoms with Gasteiger partial charge in [0.1, 0.15) is 5.75 Å². The Hall–Kier alpha value is -2.44. The summed E-state index contributed by atoms with van der Waals surface area (Å²) in [6, 6.07) is 13.6. The number of nitrogens with one attached hydrogen (secondary N) is 1. The van der Waals surface area contributed by atoms with E-state index >= 15 is 0 Å². The zero-order chi connectivity index (χ0) is 18.2. The molecule has 2 aromatic rings. The van der Waals surface area contributed by atoms with E-state index in [-0.39, 0.29) is 0 Å². The van der Waals surface area contributed by atoms with Gasteiger partial charge in [-0.25, -0.2) is 0 Å². The minimum atomic E-state index is -4.32. The van der Waals surface area contributed by atoms with Crippen LogP contribution >= 0.6 is 0 Å². The quantitative estimate of drug-likeness (QED) is 0.543. The van der Waals surface area contributed by atoms with Gasteiger partial charge in [-0.1, -0.05) is 49.0 Å². The van der Waals surface area contributed by atoms with E-state index < -0.39 is 27.3 Å². The van der Waals surface area contributed by atoms with Crippen LogP contribution in [0.2, 0.25) is 0 Å². The van der Waals surface area contributed by atoms with Crippen LogP contribution in [0.4, 0.5) is 0 Å². The van der Waals surface area contributed by atoms with Crippen LogP contribution in [0.3, 0.4) is 0 Å². The van der Waals surface area contributed by atoms with Crippen molar-refractivity contribution >= 4 is 16.0 Å². The standard InChI is InChI=1S/C19H19NO4S/c1-3-18(21)20-19(2,12-25(22,23)24)17-10-6-9-15-14-8-5-4-7-13(14)11-16(15)17/h3-10H,1,11-12H2,2H3,(H,20,21)(H,22,23,24). The SMILES string of the molecule is C=CC(=O)NC(C)(CS(=O)(=O)O)c1cccc2c1Cc1ccccc1-2. The molecular weight excluding hydrogens is 338 g/mol. The van der Waals surface area contributed by atoms with Crippen molar-refractivity contribution in [2.24, 2.45) is 0 Å². The van der Waals surface area contributed by atoms with E-state index in [9.17, 15) is 17.8 Å². The fourth-order valence-electron chi connectivity index (χ4n) is 3.54. The molecule has 0 heterocycles. The van der Waals surface area contributed by atoms with Crippen LogP contribution in [0, 0.1) is 0 Å². The van der Waals surface area contributed by atoms with Crippen molar-refractivity contribution in [3.8, 4) is 11.1 Å². The Morgan fingerprint density at radius 3 is 2.60 bits per heavy atom. The number of fused-ring (bicyclic) bond motifs is 3. The van der Waals surface area contributed by atoms with E-state index in [0.29, 0.717) is 12.0 Å². The van der Waals surface area contributed by atoms with Crippen LogP contribution in [-0.2, 0) is 26.9 Å². The summed E-state index contributed by atoms with van der Waals surface area (Å²) in [7, 11) is -4.32. The van der Waals surface area contributed by atoms with E-state index in [2.05, 4.69) is 11.9 Å². The Morgan fingerprint density at radius 1 is 1.24 bits per heavy atom. The second-order valence-electron chi connectivity index (χ2n) is 6.42. The molecule has 5 nitrogen and oxygen atoms in total. The summed E-state index contributed by atoms with van der Waals surface area (Å²) in [6.07, 6.45) is 1.73. The van der Waals surface area contributed by atoms with Crippen molar-refractivity contribution in [1.82, 2.24) is 5.32 Å². The van der Waals surface area contributed by atoms with Gasteiger partial charge in [0.2, 0.25) is 5.91 Å². The van der Waals surface area contributed by atoms with Gasteiger partial charge in [0.15, 0.2) is 0 Å². The van der Waals surface area contributed by atoms with Gasteiger partial charge in [-0.15, -0.1) is 0 Å². The maximum atomic E-state index is 11.9. The summed E-state index contributed by atoms with van der Waals surface area (Å²) in [5, 5.41) is 2.68. The molecule has 1 aliphatic carbocycles. The second-order valence-corrected chi connectivity index (χ2v) is 7.87. The minimum Gasteiger partial charge on any atom is -0.342 e. The number of rotatable bonds is 5. The average Bonchev–Trinajstić information content (AvgIpc) is 2.91. The predicted octanol–water partition coefficient (Wildman–Crippen LogP) is 2.66. The Morgan fingerprint density at radius 2 is 1.92 bits per heavy atom. The molecule has 25 heavy (non-hydrogen) atoms. The van der Waals surface area contributed by atoms with E-state index in [0.717, 1.165) is 28.3 Å². The molecule has 0 fully saturated rings. The Bertz CT molecular complexity index is 965. The molecule has 6 heteroatoms. The molecule has 1 atom stereocenters. The first-order valence-electron chi connectivity index (χ1n) is 7.84. The van der Waals surface area contributed by atoms with Gasteiger partial charge in [-0.05, 0) is 47.2 Å². The number of benzene rings is 2. The molecule has 0 radical (unpaired) electrons. The summed E-state index contributed by atoms with van der Waals surface area (Å²) < 4.78 is 32.6. The Labute approximate surface area is 147 Å². The summed E-state index contributed by atoms with van der Waals surface area (Å²) in [6.45, 7) is 5.01. The summed E-state index contributed by atoms with van der Waals surface area (Å²) >= 11 is 0. The monoisotopic (exact) mass is 357 g/mol. The lowest BCUT2D eigenvalue weighted by Gasteiger charge is -2.31. The molecule has 1 amide bonds. The molecule has 2 aromatic carbocycles. The zero-order valence-corrected chi connectivity index (χ0v) is 14.6. The predicted molar refractivity (Wildman–Crippen MR) is 96.8 cm³/mol. The van der Waals surface area contributed by atoms with E-state index in [1.165, 1.54) is 0 Å². The van der Waals surface area contributed by atoms with Gasteiger partial charge in [0.25, 0.3) is 10.1 Å². The molecule has 130 valence electrons. The van der Waals surface area contributed by atoms with E-state index in [4.69, 9.17) is 0 Å². The number of amides is 1. The molecule has 2 N–H and O–H groups in total. The third-order valence-electron chi connectivity index (χ3n) is 4.50. The van der Waals surface area contributed by atoms with Crippen LogP contribution in [-0.4, -0.2) is 24.6 Å². The third-order valence-corrected chi connectivity index (χ3v) is 5.44. The molecule has 0 aliphatic heterocycles. The molecule has 1 aliphatic rings. The fraction of sp³-hybridized carbons (Fsp3) is 0.211. The largest absolute Gasteiger partial charge is 0.342 e. The van der Waals surface area contributed by atoms with Gasteiger partial charge in [0, 0.05) is 0 Å². The highest BCUT2D eigenvalue weighted by Gasteiger charge is 2.37. The first kappa shape index (κ1) is 17.4. The van der Waals surface area contributed by atoms with Crippen molar-refractivity contribution in [2.75, 3.05) is 5.75 Å². The van der Waals surface area contributed by atoms with Crippen LogP contribution in [0.1, 0.15) is 23.6 Å². The summed E-state index contributed by atoms with van der Waals surface area (Å²) in [5.41, 5.74) is 3.63. The van der Waals surface area contributed by atoms with Crippen molar-refractivity contribution < 1.29 is 17.8 Å². The highest BCUT2D eigenvalue weighted by molar-refractivity contribution is 7.85. The fourth-order valence-corrected chi connectivity index (χ4v) is 4.50. The van der Waals surface area contributed by atoms with Crippen LogP contribution in [0.25, 0.3) is 11.1 Å². The first-order chi connectivity index (χ1) is 11.7. The molecule has 0 saturated heterocycles. The van der Waals surface area contributed by atoms with Crippen LogP contribution < -0.4 is 5.32 Å². The second kappa shape index (κ2) is 6.13. The first-order valence-corrected chi connectivity index (χ1v) is 9.45. The van der Waals surface area contributed by atoms with Crippen molar-refractivity contribution in [2.45, 2.75) is 18.9 Å². The van der Waals surface area contributed by atoms with Crippen molar-refractivity contribution in [1.29, 1.82) is 0 Å². The molecule has 3 rings (SSSR count). The average molecular weight is 357 g/mol. The lowest BCUT2D eigenvalue weighted by Crippen LogP contribution is -2.48. The van der Waals surface area contributed by atoms with Gasteiger partial charge in [-0.3, -0.25) is 9.35 Å². The highest BCUT2D eigenvalue weighted by Crippen LogP contribution is 2.41. The van der Waals surface area contributed by atoms with Crippen molar-refractivity contribution in [3.63, 3.8) is 0 Å². The minimum absolute atomic E-state index is 0.501. The lowest BCUT2D eigenvalue weighted by molar-refractivity contribution is -0.118. The Kier molecular flexibility index (Phi) is 4.26. The van der Waals surface area contributed by atoms with Gasteiger partial charge in [-0.2, -0.15) is 8.42 Å². The Balaban J connectivity index is 2.15. The van der Waals surface area contributed by atoms with Gasteiger partial charge < -0.3 is 5.32 Å². The maximum absolute atomic E-state index is 11.9. The smallest absolute Gasteiger partial charge is 0.267 e. The number of carbonyl (C=O) groups is 1. The van der Waals surface area contributed by atoms with E-state index in [1.807, 2.05) is 36.4 Å². The number of hydrogen-bond donors (Lipinski definition) is 2. The van der Waals surface area contributed by atoms with Crippen molar-refractivity contribution in [3.05, 3.63) is 71.8 Å². The molecule has 1 unspecified atom stereocenters. The molecular formula is C19H19NO4S. The lowest BCUT2D eigenvalue weighted by atomic mass is 9.87. The molecule has 0 saturated carbocycles. The highest BCUT2D eigenvalue weighted by atomic mass is 32.2. The summed E-state index contributed by atoms with van der Waals surface area (Å²) in [5.74, 6) is -1.12. The van der Waals surface area contributed by atoms with Gasteiger partial charge >= 0.3 is 0 Å². The number of carbonyl (C=O) groups excluding carboxylic acids is 1. The van der Waals surface area contributed by atoms with Crippen LogP contribution in [0.15, 0.2) is 55.1 Å². The topological polar surface area (TPSA) is 83.5 Å². The third kappa shape index (κ3) is 3.36. The van der Waals surface area contributed by atoms with Gasteiger partial charge in [0.05, 0.1) is 5.54 Å². The molecule has 0 aromatic heterocycles. The number of hydrogen-bond acceptors (Lipinski definition) is 3. The maximum Gasteiger partial charge on any atom is 0.267 e. The zero-order valence-electron chi connectivity index (χ0n) is 13.8. The van der Waals surface area contributed by atoms with Crippen LogP contribution in [0.5, 0.6) is 0 Å².